The van der Waals surface area contributed by atoms with Gasteiger partial charge in [-0.3, -0.25) is 0 Å². The predicted molar refractivity (Wildman–Crippen MR) is 76.6 cm³/mol. The minimum absolute atomic E-state index is 0.0863. The van der Waals surface area contributed by atoms with Crippen molar-refractivity contribution in [3.8, 4) is 11.3 Å². The molecule has 0 amide bonds. The van der Waals surface area contributed by atoms with Crippen LogP contribution < -0.4 is 5.73 Å². The molecule has 0 aliphatic heterocycles. The normalized spacial score (nSPS) is 11.8. The van der Waals surface area contributed by atoms with Crippen molar-refractivity contribution in [2.24, 2.45) is 0 Å². The lowest BCUT2D eigenvalue weighted by atomic mass is 10.0. The lowest BCUT2D eigenvalue weighted by Crippen LogP contribution is -2.07. The highest BCUT2D eigenvalue weighted by molar-refractivity contribution is 5.87. The summed E-state index contributed by atoms with van der Waals surface area (Å²) in [5.74, 6) is 0. The van der Waals surface area contributed by atoms with E-state index in [-0.39, 0.29) is 11.1 Å². The molecule has 1 aromatic heterocycles. The van der Waals surface area contributed by atoms with E-state index in [0.717, 1.165) is 6.07 Å². The van der Waals surface area contributed by atoms with Crippen molar-refractivity contribution in [2.75, 3.05) is 5.73 Å². The highest BCUT2D eigenvalue weighted by atomic mass is 19.4. The summed E-state index contributed by atoms with van der Waals surface area (Å²) in [5, 5.41) is 0.0863. The van der Waals surface area contributed by atoms with Crippen molar-refractivity contribution in [1.82, 2.24) is 4.98 Å². The Morgan fingerprint density at radius 3 is 2.29 bits per heavy atom. The molecule has 3 rings (SSSR count). The summed E-state index contributed by atoms with van der Waals surface area (Å²) in [6.07, 6.45) is -4.44. The lowest BCUT2D eigenvalue weighted by Gasteiger charge is -2.13. The van der Waals surface area contributed by atoms with Crippen LogP contribution in [0.1, 0.15) is 5.56 Å². The zero-order valence-electron chi connectivity index (χ0n) is 10.9. The molecule has 2 N–H and O–H groups in total. The topological polar surface area (TPSA) is 38.9 Å². The molecule has 0 fully saturated rings. The van der Waals surface area contributed by atoms with E-state index < -0.39 is 11.7 Å². The smallest absolute Gasteiger partial charge is 0.398 e. The minimum Gasteiger partial charge on any atom is -0.398 e. The van der Waals surface area contributed by atoms with Gasteiger partial charge in [0.05, 0.1) is 16.8 Å². The fourth-order valence-electron chi connectivity index (χ4n) is 2.28. The van der Waals surface area contributed by atoms with Gasteiger partial charge in [-0.2, -0.15) is 13.2 Å². The fraction of sp³-hybridized carbons (Fsp3) is 0.0625. The molecule has 0 aliphatic carbocycles. The number of para-hydroxylation sites is 2. The molecule has 0 saturated carbocycles. The van der Waals surface area contributed by atoms with Crippen molar-refractivity contribution in [3.05, 3.63) is 60.2 Å². The highest BCUT2D eigenvalue weighted by Gasteiger charge is 2.33. The average molecular weight is 288 g/mol. The molecule has 2 aromatic carbocycles. The van der Waals surface area contributed by atoms with Crippen LogP contribution >= 0.6 is 0 Å². The first-order valence-corrected chi connectivity index (χ1v) is 6.28. The number of aromatic nitrogens is 1. The Labute approximate surface area is 119 Å². The van der Waals surface area contributed by atoms with Crippen LogP contribution in [0, 0.1) is 0 Å². The van der Waals surface area contributed by atoms with Crippen LogP contribution in [-0.2, 0) is 6.18 Å². The third kappa shape index (κ3) is 2.42. The number of nitrogen functional groups attached to an aromatic ring is 1. The first kappa shape index (κ1) is 13.4. The minimum atomic E-state index is -4.44. The molecule has 0 unspecified atom stereocenters. The Bertz CT molecular complexity index is 810. The summed E-state index contributed by atoms with van der Waals surface area (Å²) >= 11 is 0. The summed E-state index contributed by atoms with van der Waals surface area (Å²) in [6.45, 7) is 0. The lowest BCUT2D eigenvalue weighted by molar-refractivity contribution is -0.136. The maximum absolute atomic E-state index is 13.3. The van der Waals surface area contributed by atoms with Crippen molar-refractivity contribution < 1.29 is 13.2 Å². The summed E-state index contributed by atoms with van der Waals surface area (Å²) in [7, 11) is 0. The number of pyridine rings is 1. The van der Waals surface area contributed by atoms with Gasteiger partial charge in [-0.15, -0.1) is 0 Å². The molecular weight excluding hydrogens is 277 g/mol. The van der Waals surface area contributed by atoms with E-state index in [0.29, 0.717) is 16.8 Å². The zero-order chi connectivity index (χ0) is 15.0. The molecule has 1 heterocycles. The molecule has 0 radical (unpaired) electrons. The van der Waals surface area contributed by atoms with Crippen LogP contribution in [0.4, 0.5) is 18.9 Å². The van der Waals surface area contributed by atoms with E-state index in [1.165, 1.54) is 6.07 Å². The van der Waals surface area contributed by atoms with Crippen LogP contribution in [0.2, 0.25) is 0 Å². The zero-order valence-corrected chi connectivity index (χ0v) is 10.9. The van der Waals surface area contributed by atoms with Gasteiger partial charge in [0.15, 0.2) is 0 Å². The Morgan fingerprint density at radius 1 is 0.905 bits per heavy atom. The van der Waals surface area contributed by atoms with Crippen molar-refractivity contribution in [1.29, 1.82) is 0 Å². The van der Waals surface area contributed by atoms with Gasteiger partial charge in [0.2, 0.25) is 0 Å². The van der Waals surface area contributed by atoms with Crippen molar-refractivity contribution in [3.63, 3.8) is 0 Å². The summed E-state index contributed by atoms with van der Waals surface area (Å²) in [5.41, 5.74) is 6.54. The number of fused-ring (bicyclic) bond motifs is 1. The first-order chi connectivity index (χ1) is 9.97. The standard InChI is InChI=1S/C16H11F3N2/c17-16(18,19)12-9-15(11-6-1-3-7-13(11)20)21-14-8-4-2-5-10(12)14/h1-9H,20H2. The fourth-order valence-corrected chi connectivity index (χ4v) is 2.28. The van der Waals surface area contributed by atoms with Gasteiger partial charge in [0.25, 0.3) is 0 Å². The largest absolute Gasteiger partial charge is 0.417 e. The summed E-state index contributed by atoms with van der Waals surface area (Å²) in [6, 6.07) is 14.0. The first-order valence-electron chi connectivity index (χ1n) is 6.28. The van der Waals surface area contributed by atoms with Gasteiger partial charge >= 0.3 is 6.18 Å². The second kappa shape index (κ2) is 4.77. The Hall–Kier alpha value is -2.56. The van der Waals surface area contributed by atoms with Crippen molar-refractivity contribution >= 4 is 16.6 Å². The summed E-state index contributed by atoms with van der Waals surface area (Å²) < 4.78 is 39.8. The number of nitrogens with zero attached hydrogens (tertiary/aromatic N) is 1. The highest BCUT2D eigenvalue weighted by Crippen LogP contribution is 2.37. The number of nitrogens with two attached hydrogens (primary N) is 1. The van der Waals surface area contributed by atoms with Crippen LogP contribution in [0.5, 0.6) is 0 Å². The maximum Gasteiger partial charge on any atom is 0.417 e. The third-order valence-corrected chi connectivity index (χ3v) is 3.26. The number of halogens is 3. The molecule has 0 spiro atoms. The molecule has 106 valence electrons. The molecule has 21 heavy (non-hydrogen) atoms. The Kier molecular flexibility index (Phi) is 3.05. The second-order valence-electron chi connectivity index (χ2n) is 4.66. The van der Waals surface area contributed by atoms with Crippen molar-refractivity contribution in [2.45, 2.75) is 6.18 Å². The average Bonchev–Trinajstić information content (AvgIpc) is 2.45. The van der Waals surface area contributed by atoms with Gasteiger partial charge in [-0.1, -0.05) is 36.4 Å². The summed E-state index contributed by atoms with van der Waals surface area (Å²) in [4.78, 5) is 4.30. The molecule has 0 bridgehead atoms. The van der Waals surface area contributed by atoms with E-state index in [1.54, 1.807) is 42.5 Å². The number of alkyl halides is 3. The van der Waals surface area contributed by atoms with E-state index in [9.17, 15) is 13.2 Å². The predicted octanol–water partition coefficient (Wildman–Crippen LogP) is 4.50. The van der Waals surface area contributed by atoms with E-state index >= 15 is 0 Å². The molecule has 0 atom stereocenters. The van der Waals surface area contributed by atoms with E-state index in [2.05, 4.69) is 4.98 Å². The van der Waals surface area contributed by atoms with Gasteiger partial charge in [0, 0.05) is 16.6 Å². The number of hydrogen-bond donors (Lipinski definition) is 1. The van der Waals surface area contributed by atoms with E-state index in [4.69, 9.17) is 5.73 Å². The molecule has 3 aromatic rings. The SMILES string of the molecule is Nc1ccccc1-c1cc(C(F)(F)F)c2ccccc2n1. The third-order valence-electron chi connectivity index (χ3n) is 3.26. The molecule has 0 aliphatic rings. The molecule has 2 nitrogen and oxygen atoms in total. The number of rotatable bonds is 1. The quantitative estimate of drug-likeness (QED) is 0.669. The van der Waals surface area contributed by atoms with Crippen LogP contribution in [0.15, 0.2) is 54.6 Å². The van der Waals surface area contributed by atoms with Crippen LogP contribution in [0.3, 0.4) is 0 Å². The van der Waals surface area contributed by atoms with Gasteiger partial charge in [0.1, 0.15) is 0 Å². The van der Waals surface area contributed by atoms with Crippen LogP contribution in [0.25, 0.3) is 22.2 Å². The molecule has 5 heteroatoms. The van der Waals surface area contributed by atoms with Gasteiger partial charge in [-0.25, -0.2) is 4.98 Å². The van der Waals surface area contributed by atoms with E-state index in [1.807, 2.05) is 0 Å². The maximum atomic E-state index is 13.3. The Balaban J connectivity index is 2.34. The number of anilines is 1. The van der Waals surface area contributed by atoms with Gasteiger partial charge < -0.3 is 5.73 Å². The Morgan fingerprint density at radius 2 is 1.57 bits per heavy atom. The molecular formula is C16H11F3N2. The van der Waals surface area contributed by atoms with Gasteiger partial charge in [-0.05, 0) is 18.2 Å². The van der Waals surface area contributed by atoms with Crippen LogP contribution in [-0.4, -0.2) is 4.98 Å². The second-order valence-corrected chi connectivity index (χ2v) is 4.66. The number of hydrogen-bond acceptors (Lipinski definition) is 2. The molecule has 0 saturated heterocycles. The number of benzene rings is 2. The monoisotopic (exact) mass is 288 g/mol.